The molecule has 0 bridgehead atoms. The maximum Gasteiger partial charge on any atom is 3.00 e. The predicted octanol–water partition coefficient (Wildman–Crippen LogP) is 12.4. The van der Waals surface area contributed by atoms with Gasteiger partial charge in [-0.1, -0.05) is 119 Å². The van der Waals surface area contributed by atoms with Gasteiger partial charge >= 0.3 is 24.4 Å². The Morgan fingerprint density at radius 2 is 0.400 bits per heavy atom. The third kappa shape index (κ3) is 13.9. The fraction of sp³-hybridized carbons (Fsp3) is 0.133. The maximum absolute atomic E-state index is 5.19. The second-order valence-corrected chi connectivity index (χ2v) is 15.9. The van der Waals surface area contributed by atoms with Crippen LogP contribution in [0.2, 0.25) is 0 Å². The summed E-state index contributed by atoms with van der Waals surface area (Å²) < 4.78 is 1.30. The van der Waals surface area contributed by atoms with Gasteiger partial charge in [-0.25, -0.2) is 0 Å². The molecule has 278 valence electrons. The summed E-state index contributed by atoms with van der Waals surface area (Å²) in [5, 5.41) is 0. The van der Waals surface area contributed by atoms with E-state index < -0.39 is 0 Å². The predicted molar refractivity (Wildman–Crippen MR) is 259 cm³/mol. The van der Waals surface area contributed by atoms with Crippen molar-refractivity contribution in [2.24, 2.45) is 0 Å². The largest absolute Gasteiger partial charge is 3.00 e. The van der Waals surface area contributed by atoms with Gasteiger partial charge in [0.05, 0.1) is 0 Å². The molecule has 6 rings (SSSR count). The molecular formula is C45H42N3S6Sb. The number of rotatable bonds is 6. The molecule has 0 fully saturated rings. The van der Waals surface area contributed by atoms with Crippen molar-refractivity contribution in [1.82, 2.24) is 0 Å². The Morgan fingerprint density at radius 1 is 0.291 bits per heavy atom. The molecule has 0 heterocycles. The number of aryl methyl sites for hydroxylation is 6. The first-order chi connectivity index (χ1) is 25.7. The van der Waals surface area contributed by atoms with Crippen LogP contribution in [0.25, 0.3) is 0 Å². The molecule has 0 aliphatic carbocycles. The molecule has 10 heteroatoms. The quantitative estimate of drug-likeness (QED) is 0.0910. The van der Waals surface area contributed by atoms with Crippen LogP contribution in [0.15, 0.2) is 146 Å². The molecule has 0 aliphatic rings. The van der Waals surface area contributed by atoms with Crippen molar-refractivity contribution in [3.63, 3.8) is 0 Å². The molecule has 0 aromatic heterocycles. The fourth-order valence-corrected chi connectivity index (χ4v) is 6.51. The van der Waals surface area contributed by atoms with E-state index in [4.69, 9.17) is 74.5 Å². The molecule has 6 aromatic carbocycles. The monoisotopic (exact) mass is 937 g/mol. The molecular weight excluding hydrogens is 897 g/mol. The van der Waals surface area contributed by atoms with Crippen LogP contribution in [0, 0.1) is 41.5 Å². The van der Waals surface area contributed by atoms with Gasteiger partial charge in [0.25, 0.3) is 0 Å². The molecule has 0 amide bonds. The topological polar surface area (TPSA) is 9.72 Å². The average Bonchev–Trinajstić information content (AvgIpc) is 3.14. The third-order valence-corrected chi connectivity index (χ3v) is 9.40. The Bertz CT molecular complexity index is 1750. The van der Waals surface area contributed by atoms with E-state index in [9.17, 15) is 0 Å². The van der Waals surface area contributed by atoms with Gasteiger partial charge in [-0.2, -0.15) is 0 Å². The molecule has 0 spiro atoms. The molecule has 0 atom stereocenters. The molecule has 55 heavy (non-hydrogen) atoms. The van der Waals surface area contributed by atoms with E-state index in [1.54, 1.807) is 0 Å². The summed E-state index contributed by atoms with van der Waals surface area (Å²) in [4.78, 5) is 5.72. The van der Waals surface area contributed by atoms with Gasteiger partial charge < -0.3 is 89.2 Å². The number of anilines is 6. The van der Waals surface area contributed by atoms with Crippen LogP contribution in [0.3, 0.4) is 0 Å². The SMILES string of the molecule is Cc1ccc(N(C(=S)[S-])c2ccc(C)cc2)cc1.Cc1ccc(N(C(=S)[S-])c2ccc(C)cc2)cc1.Cc1ccc(N(C(=S)[S-])c2ccc(C)cc2)cc1.[Sb+3]. The van der Waals surface area contributed by atoms with Gasteiger partial charge in [0, 0.05) is 34.1 Å². The van der Waals surface area contributed by atoms with Crippen molar-refractivity contribution < 1.29 is 0 Å². The van der Waals surface area contributed by atoms with E-state index in [-0.39, 0.29) is 24.4 Å². The summed E-state index contributed by atoms with van der Waals surface area (Å²) in [6.07, 6.45) is 0. The number of hydrogen-bond donors (Lipinski definition) is 0. The first kappa shape index (κ1) is 45.9. The van der Waals surface area contributed by atoms with Crippen LogP contribution < -0.4 is 14.7 Å². The van der Waals surface area contributed by atoms with Crippen LogP contribution >= 0.6 is 36.7 Å². The summed E-state index contributed by atoms with van der Waals surface area (Å²) in [6.45, 7) is 12.4. The summed E-state index contributed by atoms with van der Waals surface area (Å²) in [6, 6.07) is 49.1. The number of thiocarbonyl (C=S) groups is 3. The van der Waals surface area contributed by atoms with Crippen LogP contribution in [0.1, 0.15) is 33.4 Å². The normalized spacial score (nSPS) is 9.93. The van der Waals surface area contributed by atoms with E-state index in [2.05, 4.69) is 114 Å². The molecule has 3 nitrogen and oxygen atoms in total. The summed E-state index contributed by atoms with van der Waals surface area (Å²) in [5.41, 5.74) is 13.3. The zero-order chi connectivity index (χ0) is 39.4. The van der Waals surface area contributed by atoms with Gasteiger partial charge in [0.1, 0.15) is 0 Å². The number of benzene rings is 6. The molecule has 2 radical (unpaired) electrons. The second kappa shape index (κ2) is 22.3. The Hall–Kier alpha value is -3.53. The Balaban J connectivity index is 0.000000220. The molecule has 0 saturated carbocycles. The van der Waals surface area contributed by atoms with Gasteiger partial charge in [0.15, 0.2) is 0 Å². The Kier molecular flexibility index (Phi) is 18.6. The molecule has 0 saturated heterocycles. The zero-order valence-electron chi connectivity index (χ0n) is 31.6. The van der Waals surface area contributed by atoms with E-state index in [0.717, 1.165) is 34.1 Å². The molecule has 0 N–H and O–H groups in total. The third-order valence-electron chi connectivity index (χ3n) is 8.30. The Labute approximate surface area is 377 Å². The first-order valence-corrected chi connectivity index (χ1v) is 19.6. The van der Waals surface area contributed by atoms with E-state index in [1.807, 2.05) is 87.5 Å². The molecule has 0 aliphatic heterocycles. The minimum Gasteiger partial charge on any atom is -0.411 e. The number of hydrogen-bond acceptors (Lipinski definition) is 6. The van der Waals surface area contributed by atoms with Crippen molar-refractivity contribution in [1.29, 1.82) is 0 Å². The minimum atomic E-state index is 0. The van der Waals surface area contributed by atoms with Crippen LogP contribution in [0.5, 0.6) is 0 Å². The maximum atomic E-state index is 5.19. The van der Waals surface area contributed by atoms with Crippen molar-refractivity contribution in [3.05, 3.63) is 179 Å². The molecule has 6 aromatic rings. The van der Waals surface area contributed by atoms with Crippen LogP contribution in [0.4, 0.5) is 34.1 Å². The summed E-state index contributed by atoms with van der Waals surface area (Å²) in [5.74, 6) is 0. The van der Waals surface area contributed by atoms with Crippen molar-refractivity contribution in [3.8, 4) is 0 Å². The first-order valence-electron chi connectivity index (χ1n) is 17.2. The van der Waals surface area contributed by atoms with Gasteiger partial charge in [-0.3, -0.25) is 0 Å². The fourth-order valence-electron chi connectivity index (χ4n) is 5.24. The van der Waals surface area contributed by atoms with Gasteiger partial charge in [0.2, 0.25) is 0 Å². The second-order valence-electron chi connectivity index (χ2n) is 12.8. The van der Waals surface area contributed by atoms with Crippen molar-refractivity contribution in [2.75, 3.05) is 14.7 Å². The summed E-state index contributed by atoms with van der Waals surface area (Å²) >= 11 is 31.1. The van der Waals surface area contributed by atoms with Crippen molar-refractivity contribution in [2.45, 2.75) is 41.5 Å². The average molecular weight is 939 g/mol. The van der Waals surface area contributed by atoms with E-state index in [0.29, 0.717) is 13.0 Å². The van der Waals surface area contributed by atoms with Gasteiger partial charge in [-0.15, -0.1) is 0 Å². The van der Waals surface area contributed by atoms with E-state index >= 15 is 0 Å². The standard InChI is InChI=1S/3C15H15NS2.Sb/c3*1-11-3-7-13(8-4-11)16(15(17)18)14-9-5-12(2)6-10-14;/h3*3-10H,1-2H3,(H,17,18);/q;;;+3/p-3. The van der Waals surface area contributed by atoms with Crippen LogP contribution in [-0.2, 0) is 37.9 Å². The Morgan fingerprint density at radius 3 is 0.491 bits per heavy atom. The smallest absolute Gasteiger partial charge is 0.411 e. The summed E-state index contributed by atoms with van der Waals surface area (Å²) in [7, 11) is 0. The molecule has 0 unspecified atom stereocenters. The van der Waals surface area contributed by atoms with Crippen LogP contribution in [-0.4, -0.2) is 37.4 Å². The van der Waals surface area contributed by atoms with E-state index in [1.165, 1.54) is 33.4 Å². The minimum absolute atomic E-state index is 0. The van der Waals surface area contributed by atoms with Crippen molar-refractivity contribution >= 4 is 146 Å². The van der Waals surface area contributed by atoms with Gasteiger partial charge in [-0.05, 0) is 114 Å². The zero-order valence-corrected chi connectivity index (χ0v) is 39.0. The number of nitrogens with zero attached hydrogens (tertiary/aromatic N) is 3.